The van der Waals surface area contributed by atoms with E-state index in [2.05, 4.69) is 13.2 Å². The molecule has 14 heavy (non-hydrogen) atoms. The average Bonchev–Trinajstić information content (AvgIpc) is 2.19. The fourth-order valence-electron chi connectivity index (χ4n) is 0.657. The Morgan fingerprint density at radius 2 is 2.00 bits per heavy atom. The van der Waals surface area contributed by atoms with Crippen LogP contribution in [-0.4, -0.2) is 30.5 Å². The van der Waals surface area contributed by atoms with Crippen LogP contribution < -0.4 is 0 Å². The van der Waals surface area contributed by atoms with Crippen molar-refractivity contribution in [3.63, 3.8) is 0 Å². The van der Waals surface area contributed by atoms with Gasteiger partial charge in [-0.25, -0.2) is 0 Å². The van der Waals surface area contributed by atoms with Gasteiger partial charge in [0.1, 0.15) is 5.76 Å². The number of hydrogen-bond donors (Lipinski definition) is 2. The van der Waals surface area contributed by atoms with E-state index in [1.54, 1.807) is 6.08 Å². The monoisotopic (exact) mass is 200 g/mol. The summed E-state index contributed by atoms with van der Waals surface area (Å²) in [5.74, 6) is 0.705. The summed E-state index contributed by atoms with van der Waals surface area (Å²) in [5, 5.41) is 15.5. The molecule has 3 heteroatoms. The van der Waals surface area contributed by atoms with Crippen LogP contribution in [0.4, 0.5) is 0 Å². The molecule has 0 aliphatic rings. The Balaban J connectivity index is 0. The molecule has 0 aromatic carbocycles. The highest BCUT2D eigenvalue weighted by molar-refractivity contribution is 5.21. The molecule has 0 spiro atoms. The van der Waals surface area contributed by atoms with Crippen molar-refractivity contribution < 1.29 is 14.9 Å². The lowest BCUT2D eigenvalue weighted by atomic mass is 10.3. The van der Waals surface area contributed by atoms with Crippen molar-refractivity contribution in [2.24, 2.45) is 0 Å². The molecule has 0 bridgehead atoms. The Labute approximate surface area is 86.0 Å². The summed E-state index contributed by atoms with van der Waals surface area (Å²) in [6.07, 6.45) is 4.08. The van der Waals surface area contributed by atoms with E-state index in [1.807, 2.05) is 13.0 Å². The van der Waals surface area contributed by atoms with Gasteiger partial charge in [0.05, 0.1) is 6.61 Å². The topological polar surface area (TPSA) is 49.7 Å². The first-order valence-electron chi connectivity index (χ1n) is 4.38. The van der Waals surface area contributed by atoms with E-state index in [0.717, 1.165) is 12.7 Å². The summed E-state index contributed by atoms with van der Waals surface area (Å²) < 4.78 is 5.26. The van der Waals surface area contributed by atoms with Crippen LogP contribution in [0.5, 0.6) is 0 Å². The SMILES string of the molecule is C=C/C(=C\C(=C)C)OCCCO.CO. The van der Waals surface area contributed by atoms with Gasteiger partial charge in [0.2, 0.25) is 0 Å². The van der Waals surface area contributed by atoms with Gasteiger partial charge in [0.15, 0.2) is 0 Å². The number of aliphatic hydroxyl groups is 2. The van der Waals surface area contributed by atoms with E-state index in [1.165, 1.54) is 0 Å². The van der Waals surface area contributed by atoms with Crippen LogP contribution in [-0.2, 0) is 4.74 Å². The van der Waals surface area contributed by atoms with E-state index in [9.17, 15) is 0 Å². The third kappa shape index (κ3) is 10.9. The zero-order valence-electron chi connectivity index (χ0n) is 8.99. The van der Waals surface area contributed by atoms with Crippen LogP contribution >= 0.6 is 0 Å². The molecule has 0 fully saturated rings. The molecular formula is C11H20O3. The zero-order chi connectivity index (χ0) is 11.4. The highest BCUT2D eigenvalue weighted by atomic mass is 16.5. The standard InChI is InChI=1S/C10H16O2.CH4O/c1-4-10(8-9(2)3)12-7-5-6-11;1-2/h4,8,11H,1-2,5-7H2,3H3;2H,1H3/b10-8+;. The zero-order valence-corrected chi connectivity index (χ0v) is 8.99. The second-order valence-corrected chi connectivity index (χ2v) is 2.52. The molecule has 0 aromatic heterocycles. The summed E-state index contributed by atoms with van der Waals surface area (Å²) in [6.45, 7) is 9.87. The van der Waals surface area contributed by atoms with Crippen LogP contribution in [0.1, 0.15) is 13.3 Å². The van der Waals surface area contributed by atoms with Gasteiger partial charge >= 0.3 is 0 Å². The lowest BCUT2D eigenvalue weighted by molar-refractivity contribution is 0.184. The van der Waals surface area contributed by atoms with Gasteiger partial charge in [-0.1, -0.05) is 18.7 Å². The molecule has 3 nitrogen and oxygen atoms in total. The number of rotatable bonds is 6. The molecule has 0 rings (SSSR count). The van der Waals surface area contributed by atoms with Gasteiger partial charge < -0.3 is 14.9 Å². The number of aliphatic hydroxyl groups excluding tert-OH is 2. The summed E-state index contributed by atoms with van der Waals surface area (Å²) in [4.78, 5) is 0. The lowest BCUT2D eigenvalue weighted by Gasteiger charge is -2.04. The molecule has 2 N–H and O–H groups in total. The Bertz CT molecular complexity index is 183. The van der Waals surface area contributed by atoms with Crippen LogP contribution in [0.15, 0.2) is 36.6 Å². The van der Waals surface area contributed by atoms with Gasteiger partial charge in [-0.3, -0.25) is 0 Å². The Kier molecular flexibility index (Phi) is 13.1. The smallest absolute Gasteiger partial charge is 0.118 e. The molecule has 82 valence electrons. The minimum Gasteiger partial charge on any atom is -0.494 e. The molecule has 0 atom stereocenters. The Morgan fingerprint density at radius 1 is 1.43 bits per heavy atom. The second-order valence-electron chi connectivity index (χ2n) is 2.52. The number of hydrogen-bond acceptors (Lipinski definition) is 3. The van der Waals surface area contributed by atoms with Crippen molar-refractivity contribution in [2.75, 3.05) is 20.3 Å². The van der Waals surface area contributed by atoms with E-state index >= 15 is 0 Å². The maximum atomic E-state index is 8.49. The van der Waals surface area contributed by atoms with Gasteiger partial charge in [-0.15, -0.1) is 0 Å². The normalized spacial score (nSPS) is 9.86. The van der Waals surface area contributed by atoms with Crippen LogP contribution in [0.3, 0.4) is 0 Å². The summed E-state index contributed by atoms with van der Waals surface area (Å²) in [6, 6.07) is 0. The summed E-state index contributed by atoms with van der Waals surface area (Å²) >= 11 is 0. The van der Waals surface area contributed by atoms with E-state index in [0.29, 0.717) is 18.8 Å². The summed E-state index contributed by atoms with van der Waals surface area (Å²) in [5.41, 5.74) is 0.925. The van der Waals surface area contributed by atoms with E-state index < -0.39 is 0 Å². The largest absolute Gasteiger partial charge is 0.494 e. The molecule has 0 radical (unpaired) electrons. The van der Waals surface area contributed by atoms with Crippen molar-refractivity contribution in [3.8, 4) is 0 Å². The molecule has 0 amide bonds. The molecule has 0 unspecified atom stereocenters. The first-order valence-corrected chi connectivity index (χ1v) is 4.38. The molecular weight excluding hydrogens is 180 g/mol. The first kappa shape index (κ1) is 15.4. The van der Waals surface area contributed by atoms with Crippen molar-refractivity contribution >= 4 is 0 Å². The van der Waals surface area contributed by atoms with Crippen LogP contribution in [0.25, 0.3) is 0 Å². The molecule has 0 saturated heterocycles. The Morgan fingerprint density at radius 3 is 2.36 bits per heavy atom. The van der Waals surface area contributed by atoms with Gasteiger partial charge in [-0.2, -0.15) is 0 Å². The van der Waals surface area contributed by atoms with Crippen LogP contribution in [0, 0.1) is 0 Å². The number of allylic oxidation sites excluding steroid dienone is 3. The van der Waals surface area contributed by atoms with Crippen molar-refractivity contribution in [1.82, 2.24) is 0 Å². The molecule has 0 aliphatic carbocycles. The predicted octanol–water partition coefficient (Wildman–Crippen LogP) is 1.64. The average molecular weight is 200 g/mol. The summed E-state index contributed by atoms with van der Waals surface area (Å²) in [7, 11) is 1.00. The first-order chi connectivity index (χ1) is 6.70. The molecule has 0 aliphatic heterocycles. The fraction of sp³-hybridized carbons (Fsp3) is 0.455. The van der Waals surface area contributed by atoms with E-state index in [-0.39, 0.29) is 6.61 Å². The van der Waals surface area contributed by atoms with Crippen molar-refractivity contribution in [2.45, 2.75) is 13.3 Å². The quantitative estimate of drug-likeness (QED) is 0.389. The third-order valence-electron chi connectivity index (χ3n) is 1.16. The third-order valence-corrected chi connectivity index (χ3v) is 1.16. The highest BCUT2D eigenvalue weighted by Gasteiger charge is 1.91. The van der Waals surface area contributed by atoms with Gasteiger partial charge in [0.25, 0.3) is 0 Å². The maximum absolute atomic E-state index is 8.49. The minimum absolute atomic E-state index is 0.150. The maximum Gasteiger partial charge on any atom is 0.118 e. The van der Waals surface area contributed by atoms with Crippen molar-refractivity contribution in [3.05, 3.63) is 36.6 Å². The highest BCUT2D eigenvalue weighted by Crippen LogP contribution is 2.03. The minimum atomic E-state index is 0.150. The fourth-order valence-corrected chi connectivity index (χ4v) is 0.657. The molecule has 0 heterocycles. The second kappa shape index (κ2) is 11.9. The van der Waals surface area contributed by atoms with Crippen LogP contribution in [0.2, 0.25) is 0 Å². The number of ether oxygens (including phenoxy) is 1. The molecule has 0 saturated carbocycles. The van der Waals surface area contributed by atoms with E-state index in [4.69, 9.17) is 14.9 Å². The Hall–Kier alpha value is -1.06. The van der Waals surface area contributed by atoms with Gasteiger partial charge in [0, 0.05) is 20.1 Å². The van der Waals surface area contributed by atoms with Gasteiger partial charge in [-0.05, 0) is 19.1 Å². The predicted molar refractivity (Wildman–Crippen MR) is 58.9 cm³/mol. The lowest BCUT2D eigenvalue weighted by Crippen LogP contribution is -1.95. The van der Waals surface area contributed by atoms with Crippen molar-refractivity contribution in [1.29, 1.82) is 0 Å². The molecule has 0 aromatic rings.